The lowest BCUT2D eigenvalue weighted by Gasteiger charge is -2.25. The Morgan fingerprint density at radius 1 is 1.54 bits per heavy atom. The summed E-state index contributed by atoms with van der Waals surface area (Å²) < 4.78 is 0. The monoisotopic (exact) mass is 185 g/mol. The van der Waals surface area contributed by atoms with E-state index < -0.39 is 0 Å². The molecule has 0 aliphatic carbocycles. The molecule has 1 amide bonds. The molecule has 2 unspecified atom stereocenters. The van der Waals surface area contributed by atoms with Gasteiger partial charge >= 0.3 is 0 Å². The van der Waals surface area contributed by atoms with E-state index in [1.807, 2.05) is 0 Å². The molecule has 2 fully saturated rings. The third kappa shape index (κ3) is 2.18. The lowest BCUT2D eigenvalue weighted by Crippen LogP contribution is -2.50. The van der Waals surface area contributed by atoms with Crippen LogP contribution in [0.5, 0.6) is 0 Å². The lowest BCUT2D eigenvalue weighted by molar-refractivity contribution is -0.125. The van der Waals surface area contributed by atoms with Crippen molar-refractivity contribution < 1.29 is 9.63 Å². The van der Waals surface area contributed by atoms with Crippen LogP contribution in [0.2, 0.25) is 0 Å². The summed E-state index contributed by atoms with van der Waals surface area (Å²) in [6, 6.07) is 0.246. The van der Waals surface area contributed by atoms with Crippen molar-refractivity contribution in [3.63, 3.8) is 0 Å². The SMILES string of the molecule is O=C1NOCC1NC1CCCNC1. The number of hydrogen-bond donors (Lipinski definition) is 3. The number of carbonyl (C=O) groups excluding carboxylic acids is 1. The first-order valence-electron chi connectivity index (χ1n) is 4.74. The van der Waals surface area contributed by atoms with Crippen molar-refractivity contribution in [2.24, 2.45) is 0 Å². The topological polar surface area (TPSA) is 62.4 Å². The van der Waals surface area contributed by atoms with Crippen molar-refractivity contribution >= 4 is 5.91 Å². The van der Waals surface area contributed by atoms with E-state index >= 15 is 0 Å². The quantitative estimate of drug-likeness (QED) is 0.503. The molecule has 0 aromatic carbocycles. The first-order chi connectivity index (χ1) is 6.36. The van der Waals surface area contributed by atoms with Crippen LogP contribution < -0.4 is 16.1 Å². The maximum Gasteiger partial charge on any atom is 0.263 e. The second-order valence-corrected chi connectivity index (χ2v) is 3.54. The average Bonchev–Trinajstić information content (AvgIpc) is 2.54. The normalized spacial score (nSPS) is 34.6. The molecule has 5 nitrogen and oxygen atoms in total. The Labute approximate surface area is 77.2 Å². The maximum atomic E-state index is 11.1. The van der Waals surface area contributed by atoms with Gasteiger partial charge in [-0.15, -0.1) is 0 Å². The van der Waals surface area contributed by atoms with E-state index in [0.29, 0.717) is 12.6 Å². The second-order valence-electron chi connectivity index (χ2n) is 3.54. The first kappa shape index (κ1) is 8.93. The zero-order valence-corrected chi connectivity index (χ0v) is 7.51. The predicted octanol–water partition coefficient (Wildman–Crippen LogP) is -1.24. The molecule has 2 heterocycles. The molecule has 2 saturated heterocycles. The molecule has 2 atom stereocenters. The molecule has 2 aliphatic heterocycles. The molecule has 3 N–H and O–H groups in total. The van der Waals surface area contributed by atoms with Crippen LogP contribution in [0, 0.1) is 0 Å². The van der Waals surface area contributed by atoms with Gasteiger partial charge in [-0.1, -0.05) is 0 Å². The van der Waals surface area contributed by atoms with Crippen molar-refractivity contribution in [2.45, 2.75) is 24.9 Å². The van der Waals surface area contributed by atoms with Gasteiger partial charge < -0.3 is 5.32 Å². The summed E-state index contributed by atoms with van der Waals surface area (Å²) in [6.07, 6.45) is 2.31. The standard InChI is InChI=1S/C8H15N3O2/c12-8-7(5-13-11-8)10-6-2-1-3-9-4-6/h6-7,9-10H,1-5H2,(H,11,12). The van der Waals surface area contributed by atoms with Gasteiger partial charge in [-0.25, -0.2) is 5.48 Å². The van der Waals surface area contributed by atoms with Gasteiger partial charge in [0, 0.05) is 12.6 Å². The minimum Gasteiger partial charge on any atom is -0.315 e. The summed E-state index contributed by atoms with van der Waals surface area (Å²) in [7, 11) is 0. The number of amides is 1. The van der Waals surface area contributed by atoms with E-state index in [-0.39, 0.29) is 11.9 Å². The molecular weight excluding hydrogens is 170 g/mol. The van der Waals surface area contributed by atoms with E-state index in [2.05, 4.69) is 16.1 Å². The zero-order chi connectivity index (χ0) is 9.10. The highest BCUT2D eigenvalue weighted by Crippen LogP contribution is 2.04. The van der Waals surface area contributed by atoms with E-state index in [0.717, 1.165) is 19.5 Å². The van der Waals surface area contributed by atoms with Crippen molar-refractivity contribution in [3.05, 3.63) is 0 Å². The molecule has 0 radical (unpaired) electrons. The molecule has 74 valence electrons. The van der Waals surface area contributed by atoms with E-state index in [9.17, 15) is 4.79 Å². The molecule has 2 aliphatic rings. The van der Waals surface area contributed by atoms with Crippen LogP contribution in [-0.2, 0) is 9.63 Å². The Hall–Kier alpha value is -0.650. The minimum atomic E-state index is -0.162. The smallest absolute Gasteiger partial charge is 0.263 e. The van der Waals surface area contributed by atoms with Gasteiger partial charge in [-0.3, -0.25) is 14.9 Å². The van der Waals surface area contributed by atoms with E-state index in [4.69, 9.17) is 4.84 Å². The fourth-order valence-electron chi connectivity index (χ4n) is 1.75. The van der Waals surface area contributed by atoms with Gasteiger partial charge in [-0.05, 0) is 19.4 Å². The van der Waals surface area contributed by atoms with E-state index in [1.54, 1.807) is 0 Å². The summed E-state index contributed by atoms with van der Waals surface area (Å²) >= 11 is 0. The molecule has 0 aromatic heterocycles. The number of hydroxylamine groups is 1. The van der Waals surface area contributed by atoms with Gasteiger partial charge in [0.25, 0.3) is 5.91 Å². The van der Waals surface area contributed by atoms with Crippen molar-refractivity contribution in [2.75, 3.05) is 19.7 Å². The summed E-state index contributed by atoms with van der Waals surface area (Å²) in [4.78, 5) is 16.0. The van der Waals surface area contributed by atoms with Gasteiger partial charge in [-0.2, -0.15) is 0 Å². The van der Waals surface area contributed by atoms with Crippen LogP contribution in [0.4, 0.5) is 0 Å². The highest BCUT2D eigenvalue weighted by atomic mass is 16.7. The van der Waals surface area contributed by atoms with Crippen molar-refractivity contribution in [1.82, 2.24) is 16.1 Å². The van der Waals surface area contributed by atoms with Gasteiger partial charge in [0.15, 0.2) is 0 Å². The number of carbonyl (C=O) groups is 1. The van der Waals surface area contributed by atoms with Crippen molar-refractivity contribution in [3.8, 4) is 0 Å². The largest absolute Gasteiger partial charge is 0.315 e. The van der Waals surface area contributed by atoms with Gasteiger partial charge in [0.1, 0.15) is 6.04 Å². The Kier molecular flexibility index (Phi) is 2.77. The van der Waals surface area contributed by atoms with Crippen LogP contribution in [0.1, 0.15) is 12.8 Å². The molecule has 5 heteroatoms. The Balaban J connectivity index is 1.79. The summed E-state index contributed by atoms with van der Waals surface area (Å²) in [6.45, 7) is 2.48. The number of rotatable bonds is 2. The molecule has 0 spiro atoms. The molecule has 2 rings (SSSR count). The molecule has 0 bridgehead atoms. The molecule has 13 heavy (non-hydrogen) atoms. The Bertz CT molecular complexity index is 192. The number of hydrogen-bond acceptors (Lipinski definition) is 4. The van der Waals surface area contributed by atoms with Gasteiger partial charge in [0.05, 0.1) is 6.61 Å². The molecular formula is C8H15N3O2. The third-order valence-corrected chi connectivity index (χ3v) is 2.47. The Morgan fingerprint density at radius 3 is 3.08 bits per heavy atom. The average molecular weight is 185 g/mol. The zero-order valence-electron chi connectivity index (χ0n) is 7.51. The fourth-order valence-corrected chi connectivity index (χ4v) is 1.75. The third-order valence-electron chi connectivity index (χ3n) is 2.47. The highest BCUT2D eigenvalue weighted by Gasteiger charge is 2.28. The van der Waals surface area contributed by atoms with Gasteiger partial charge in [0.2, 0.25) is 0 Å². The number of nitrogens with one attached hydrogen (secondary N) is 3. The van der Waals surface area contributed by atoms with E-state index in [1.165, 1.54) is 6.42 Å². The first-order valence-corrected chi connectivity index (χ1v) is 4.74. The maximum absolute atomic E-state index is 11.1. The molecule has 0 saturated carbocycles. The predicted molar refractivity (Wildman–Crippen MR) is 46.9 cm³/mol. The van der Waals surface area contributed by atoms with Crippen LogP contribution in [0.3, 0.4) is 0 Å². The summed E-state index contributed by atoms with van der Waals surface area (Å²) in [5.41, 5.74) is 2.34. The van der Waals surface area contributed by atoms with Crippen LogP contribution in [-0.4, -0.2) is 37.7 Å². The number of piperidine rings is 1. The van der Waals surface area contributed by atoms with Crippen LogP contribution in [0.25, 0.3) is 0 Å². The summed E-state index contributed by atoms with van der Waals surface area (Å²) in [5, 5.41) is 6.56. The Morgan fingerprint density at radius 2 is 2.46 bits per heavy atom. The van der Waals surface area contributed by atoms with Crippen LogP contribution in [0.15, 0.2) is 0 Å². The second kappa shape index (κ2) is 4.04. The molecule has 0 aromatic rings. The van der Waals surface area contributed by atoms with Crippen LogP contribution >= 0.6 is 0 Å². The highest BCUT2D eigenvalue weighted by molar-refractivity contribution is 5.82. The fraction of sp³-hybridized carbons (Fsp3) is 0.875. The summed E-state index contributed by atoms with van der Waals surface area (Å²) in [5.74, 6) is -0.0504. The minimum absolute atomic E-state index is 0.0504. The lowest BCUT2D eigenvalue weighted by atomic mass is 10.1. The van der Waals surface area contributed by atoms with Crippen molar-refractivity contribution in [1.29, 1.82) is 0 Å².